The van der Waals surface area contributed by atoms with E-state index in [1.54, 1.807) is 10.9 Å². The maximum absolute atomic E-state index is 9.49. The Morgan fingerprint density at radius 3 is 2.68 bits per heavy atom. The van der Waals surface area contributed by atoms with E-state index in [2.05, 4.69) is 25.5 Å². The van der Waals surface area contributed by atoms with Gasteiger partial charge in [0.05, 0.1) is 5.39 Å². The number of hydrogen-bond donors (Lipinski definition) is 3. The Morgan fingerprint density at radius 2 is 1.96 bits per heavy atom. The first-order valence-corrected chi connectivity index (χ1v) is 9.39. The summed E-state index contributed by atoms with van der Waals surface area (Å²) >= 11 is 0. The zero-order valence-corrected chi connectivity index (χ0v) is 14.9. The Labute approximate surface area is 148 Å². The van der Waals surface area contributed by atoms with Gasteiger partial charge in [-0.15, -0.1) is 0 Å². The molecule has 2 fully saturated rings. The van der Waals surface area contributed by atoms with Crippen LogP contribution >= 0.6 is 0 Å². The molecule has 1 saturated heterocycles. The molecule has 1 saturated carbocycles. The molecule has 136 valence electrons. The summed E-state index contributed by atoms with van der Waals surface area (Å²) in [5, 5.41) is 17.6. The highest BCUT2D eigenvalue weighted by atomic mass is 16.3. The van der Waals surface area contributed by atoms with Crippen molar-refractivity contribution in [2.75, 3.05) is 31.5 Å². The lowest BCUT2D eigenvalue weighted by atomic mass is 9.89. The van der Waals surface area contributed by atoms with Crippen molar-refractivity contribution in [1.82, 2.24) is 24.8 Å². The van der Waals surface area contributed by atoms with Crippen LogP contribution in [0.4, 0.5) is 5.82 Å². The predicted molar refractivity (Wildman–Crippen MR) is 98.6 cm³/mol. The molecule has 3 N–H and O–H groups in total. The van der Waals surface area contributed by atoms with Crippen LogP contribution in [0.1, 0.15) is 31.2 Å². The van der Waals surface area contributed by atoms with Crippen molar-refractivity contribution in [2.24, 2.45) is 0 Å². The van der Waals surface area contributed by atoms with Gasteiger partial charge in [-0.25, -0.2) is 9.97 Å². The van der Waals surface area contributed by atoms with Crippen LogP contribution in [0.2, 0.25) is 0 Å². The van der Waals surface area contributed by atoms with Crippen molar-refractivity contribution >= 4 is 16.9 Å². The Balaban J connectivity index is 1.43. The molecular formula is C18H28N6O. The molecule has 2 aliphatic rings. The molecule has 4 rings (SSSR count). The van der Waals surface area contributed by atoms with Gasteiger partial charge in [-0.05, 0) is 38.2 Å². The molecule has 0 spiro atoms. The van der Waals surface area contributed by atoms with E-state index >= 15 is 0 Å². The molecule has 3 heterocycles. The molecular weight excluding hydrogens is 316 g/mol. The average Bonchev–Trinajstić information content (AvgIpc) is 3.00. The summed E-state index contributed by atoms with van der Waals surface area (Å²) in [5.74, 6) is 0.903. The normalized spacial score (nSPS) is 25.4. The van der Waals surface area contributed by atoms with Gasteiger partial charge in [0.2, 0.25) is 0 Å². The van der Waals surface area contributed by atoms with Gasteiger partial charge in [-0.3, -0.25) is 4.90 Å². The van der Waals surface area contributed by atoms with Gasteiger partial charge < -0.3 is 20.3 Å². The number of aromatic nitrogens is 3. The van der Waals surface area contributed by atoms with Gasteiger partial charge >= 0.3 is 0 Å². The second kappa shape index (κ2) is 7.27. The summed E-state index contributed by atoms with van der Waals surface area (Å²) in [4.78, 5) is 11.5. The minimum absolute atomic E-state index is 0.0589. The van der Waals surface area contributed by atoms with Crippen molar-refractivity contribution in [2.45, 2.75) is 51.4 Å². The molecule has 0 radical (unpaired) electrons. The molecule has 2 aromatic rings. The summed E-state index contributed by atoms with van der Waals surface area (Å²) < 4.78 is 1.76. The molecule has 0 aromatic carbocycles. The lowest BCUT2D eigenvalue weighted by Crippen LogP contribution is -2.50. The number of fused-ring (bicyclic) bond motifs is 1. The van der Waals surface area contributed by atoms with Crippen LogP contribution in [-0.2, 0) is 6.73 Å². The van der Waals surface area contributed by atoms with E-state index in [-0.39, 0.29) is 6.73 Å². The van der Waals surface area contributed by atoms with Crippen LogP contribution in [0.5, 0.6) is 0 Å². The molecule has 1 aliphatic carbocycles. The zero-order valence-electron chi connectivity index (χ0n) is 14.9. The Bertz CT molecular complexity index is 716. The van der Waals surface area contributed by atoms with E-state index in [1.165, 1.54) is 38.8 Å². The summed E-state index contributed by atoms with van der Waals surface area (Å²) in [5.41, 5.74) is 1.90. The maximum Gasteiger partial charge on any atom is 0.147 e. The molecule has 2 aromatic heterocycles. The van der Waals surface area contributed by atoms with E-state index in [4.69, 9.17) is 0 Å². The van der Waals surface area contributed by atoms with Crippen LogP contribution in [0.15, 0.2) is 12.5 Å². The van der Waals surface area contributed by atoms with Crippen LogP contribution in [-0.4, -0.2) is 62.8 Å². The number of nitrogens with one attached hydrogen (secondary N) is 2. The van der Waals surface area contributed by atoms with Crippen LogP contribution in [0.25, 0.3) is 11.0 Å². The standard InChI is InChI=1S/C18H28N6O/c1-13-10-24(12-25)18-16(13)17(20-11-21-18)22-14-2-4-15(5-3-14)23-8-6-19-7-9-23/h10-11,14-15,19,25H,2-9,12H2,1H3,(H,20,21,22). The number of aryl methyl sites for hydroxylation is 1. The number of anilines is 1. The highest BCUT2D eigenvalue weighted by Gasteiger charge is 2.27. The average molecular weight is 344 g/mol. The topological polar surface area (TPSA) is 78.2 Å². The van der Waals surface area contributed by atoms with E-state index in [0.717, 1.165) is 41.5 Å². The fraction of sp³-hybridized carbons (Fsp3) is 0.667. The van der Waals surface area contributed by atoms with Gasteiger partial charge in [0, 0.05) is 44.5 Å². The second-order valence-electron chi connectivity index (χ2n) is 7.28. The summed E-state index contributed by atoms with van der Waals surface area (Å²) in [6.45, 7) is 6.60. The highest BCUT2D eigenvalue weighted by molar-refractivity contribution is 5.90. The van der Waals surface area contributed by atoms with E-state index < -0.39 is 0 Å². The van der Waals surface area contributed by atoms with Crippen LogP contribution in [0.3, 0.4) is 0 Å². The number of hydrogen-bond acceptors (Lipinski definition) is 6. The Morgan fingerprint density at radius 1 is 1.20 bits per heavy atom. The fourth-order valence-electron chi connectivity index (χ4n) is 4.36. The van der Waals surface area contributed by atoms with Crippen molar-refractivity contribution in [3.05, 3.63) is 18.1 Å². The Hall–Kier alpha value is -1.70. The SMILES string of the molecule is Cc1cn(CO)c2ncnc(NC3CCC(N4CCNCC4)CC3)c12. The molecule has 0 amide bonds. The Kier molecular flexibility index (Phi) is 4.87. The predicted octanol–water partition coefficient (Wildman–Crippen LogP) is 1.32. The number of piperazine rings is 1. The maximum atomic E-state index is 9.49. The molecule has 1 aliphatic heterocycles. The second-order valence-corrected chi connectivity index (χ2v) is 7.28. The van der Waals surface area contributed by atoms with Gasteiger partial charge in [0.1, 0.15) is 24.5 Å². The van der Waals surface area contributed by atoms with Crippen LogP contribution < -0.4 is 10.6 Å². The molecule has 0 unspecified atom stereocenters. The zero-order chi connectivity index (χ0) is 17.2. The van der Waals surface area contributed by atoms with Gasteiger partial charge in [0.15, 0.2) is 0 Å². The molecule has 0 bridgehead atoms. The number of rotatable bonds is 4. The summed E-state index contributed by atoms with van der Waals surface area (Å²) in [7, 11) is 0. The van der Waals surface area contributed by atoms with Gasteiger partial charge in [-0.2, -0.15) is 0 Å². The molecule has 0 atom stereocenters. The quantitative estimate of drug-likeness (QED) is 0.776. The fourth-order valence-corrected chi connectivity index (χ4v) is 4.36. The summed E-state index contributed by atoms with van der Waals surface area (Å²) in [6, 6.07) is 1.21. The number of nitrogens with zero attached hydrogens (tertiary/aromatic N) is 4. The molecule has 7 nitrogen and oxygen atoms in total. The first-order valence-electron chi connectivity index (χ1n) is 9.39. The lowest BCUT2D eigenvalue weighted by Gasteiger charge is -2.39. The van der Waals surface area contributed by atoms with Gasteiger partial charge in [0.25, 0.3) is 0 Å². The minimum Gasteiger partial charge on any atom is -0.376 e. The van der Waals surface area contributed by atoms with Gasteiger partial charge in [-0.1, -0.05) is 0 Å². The number of aliphatic hydroxyl groups excluding tert-OH is 1. The van der Waals surface area contributed by atoms with Crippen molar-refractivity contribution in [3.8, 4) is 0 Å². The monoisotopic (exact) mass is 344 g/mol. The van der Waals surface area contributed by atoms with E-state index in [9.17, 15) is 5.11 Å². The van der Waals surface area contributed by atoms with Crippen LogP contribution in [0, 0.1) is 6.92 Å². The minimum atomic E-state index is -0.0589. The van der Waals surface area contributed by atoms with Crippen molar-refractivity contribution in [1.29, 1.82) is 0 Å². The molecule has 7 heteroatoms. The highest BCUT2D eigenvalue weighted by Crippen LogP contribution is 2.29. The third-order valence-electron chi connectivity index (χ3n) is 5.70. The lowest BCUT2D eigenvalue weighted by molar-refractivity contribution is 0.135. The first kappa shape index (κ1) is 16.8. The van der Waals surface area contributed by atoms with E-state index in [1.807, 2.05) is 13.1 Å². The van der Waals surface area contributed by atoms with E-state index in [0.29, 0.717) is 6.04 Å². The van der Waals surface area contributed by atoms with Crippen molar-refractivity contribution < 1.29 is 5.11 Å². The number of aliphatic hydroxyl groups is 1. The smallest absolute Gasteiger partial charge is 0.147 e. The summed E-state index contributed by atoms with van der Waals surface area (Å²) in [6.07, 6.45) is 8.39. The molecule has 25 heavy (non-hydrogen) atoms. The third-order valence-corrected chi connectivity index (χ3v) is 5.70. The van der Waals surface area contributed by atoms with Crippen molar-refractivity contribution in [3.63, 3.8) is 0 Å². The first-order chi connectivity index (χ1) is 12.3. The largest absolute Gasteiger partial charge is 0.376 e. The third kappa shape index (κ3) is 3.36.